The van der Waals surface area contributed by atoms with Crippen molar-refractivity contribution in [1.82, 2.24) is 0 Å². The molecule has 2 rings (SSSR count). The molecule has 0 saturated heterocycles. The topological polar surface area (TPSA) is 0 Å². The van der Waals surface area contributed by atoms with Gasteiger partial charge in [-0.3, -0.25) is 0 Å². The minimum absolute atomic E-state index is 0.152. The summed E-state index contributed by atoms with van der Waals surface area (Å²) in [6.07, 6.45) is 5.77. The van der Waals surface area contributed by atoms with Crippen LogP contribution < -0.4 is 0 Å². The van der Waals surface area contributed by atoms with Gasteiger partial charge in [0.15, 0.2) is 0 Å². The highest BCUT2D eigenvalue weighted by atomic mass is 19.1. The predicted molar refractivity (Wildman–Crippen MR) is 85.2 cm³/mol. The van der Waals surface area contributed by atoms with E-state index in [9.17, 15) is 4.39 Å². The lowest BCUT2D eigenvalue weighted by atomic mass is 9.68. The third-order valence-corrected chi connectivity index (χ3v) is 4.42. The molecule has 110 valence electrons. The van der Waals surface area contributed by atoms with Crippen LogP contribution in [0.3, 0.4) is 0 Å². The second-order valence-corrected chi connectivity index (χ2v) is 7.98. The summed E-state index contributed by atoms with van der Waals surface area (Å²) in [5, 5.41) is 0. The average Bonchev–Trinajstić information content (AvgIpc) is 2.28. The van der Waals surface area contributed by atoms with E-state index in [1.54, 1.807) is 12.1 Å². The molecular weight excluding hydrogens is 247 g/mol. The van der Waals surface area contributed by atoms with Crippen LogP contribution >= 0.6 is 0 Å². The van der Waals surface area contributed by atoms with E-state index in [2.05, 4.69) is 34.3 Å². The van der Waals surface area contributed by atoms with Gasteiger partial charge in [0.2, 0.25) is 0 Å². The highest BCUT2D eigenvalue weighted by molar-refractivity contribution is 5.69. The molecule has 0 aliphatic heterocycles. The Labute approximate surface area is 123 Å². The van der Waals surface area contributed by atoms with Crippen molar-refractivity contribution < 1.29 is 4.39 Å². The Morgan fingerprint density at radius 3 is 2.60 bits per heavy atom. The zero-order valence-electron chi connectivity index (χ0n) is 13.4. The molecule has 0 amide bonds. The van der Waals surface area contributed by atoms with Gasteiger partial charge in [0, 0.05) is 0 Å². The zero-order chi connectivity index (χ0) is 15.0. The van der Waals surface area contributed by atoms with Gasteiger partial charge in [-0.2, -0.15) is 0 Å². The van der Waals surface area contributed by atoms with E-state index < -0.39 is 0 Å². The van der Waals surface area contributed by atoms with Crippen LogP contribution in [0.25, 0.3) is 5.57 Å². The van der Waals surface area contributed by atoms with Crippen LogP contribution in [0.4, 0.5) is 4.39 Å². The number of rotatable bonds is 3. The molecule has 1 heteroatoms. The quantitative estimate of drug-likeness (QED) is 0.633. The first-order chi connectivity index (χ1) is 9.19. The number of fused-ring (bicyclic) bond motifs is 1. The van der Waals surface area contributed by atoms with E-state index in [4.69, 9.17) is 0 Å². The van der Waals surface area contributed by atoms with Gasteiger partial charge in [-0.25, -0.2) is 4.39 Å². The van der Waals surface area contributed by atoms with Gasteiger partial charge in [0.1, 0.15) is 5.82 Å². The summed E-state index contributed by atoms with van der Waals surface area (Å²) >= 11 is 0. The maximum atomic E-state index is 13.4. The summed E-state index contributed by atoms with van der Waals surface area (Å²) < 4.78 is 13.4. The number of hydrogen-bond donors (Lipinski definition) is 0. The van der Waals surface area contributed by atoms with Crippen LogP contribution in [0.2, 0.25) is 0 Å². The molecule has 0 heterocycles. The van der Waals surface area contributed by atoms with Gasteiger partial charge in [-0.1, -0.05) is 46.8 Å². The Morgan fingerprint density at radius 1 is 1.25 bits per heavy atom. The summed E-state index contributed by atoms with van der Waals surface area (Å²) in [6, 6.07) is 5.16. The van der Waals surface area contributed by atoms with Crippen molar-refractivity contribution in [2.45, 2.75) is 59.8 Å². The smallest absolute Gasteiger partial charge is 0.123 e. The fourth-order valence-corrected chi connectivity index (χ4v) is 3.39. The molecule has 0 nitrogen and oxygen atoms in total. The Morgan fingerprint density at radius 2 is 1.95 bits per heavy atom. The number of allylic oxidation sites excluding steroid dienone is 1. The fourth-order valence-electron chi connectivity index (χ4n) is 3.39. The van der Waals surface area contributed by atoms with Crippen LogP contribution in [0, 0.1) is 16.6 Å². The number of halogens is 1. The Bertz CT molecular complexity index is 507. The molecule has 0 N–H and O–H groups in total. The lowest BCUT2D eigenvalue weighted by Gasteiger charge is -2.37. The monoisotopic (exact) mass is 274 g/mol. The van der Waals surface area contributed by atoms with Crippen LogP contribution in [0.5, 0.6) is 0 Å². The molecule has 0 bridgehead atoms. The molecule has 1 aliphatic rings. The van der Waals surface area contributed by atoms with Crippen LogP contribution in [0.15, 0.2) is 24.8 Å². The Kier molecular flexibility index (Phi) is 4.09. The molecule has 0 spiro atoms. The summed E-state index contributed by atoms with van der Waals surface area (Å²) in [5.74, 6) is -0.152. The van der Waals surface area contributed by atoms with Gasteiger partial charge in [-0.15, -0.1) is 0 Å². The third kappa shape index (κ3) is 3.71. The standard InChI is InChI=1S/C19H27F/c1-14-12-19(5,10-6-9-18(2,3)4)13-15-7-8-16(20)11-17(14)15/h7-8,11H,1,6,9-10,12-13H2,2-5H3. The molecule has 1 unspecified atom stereocenters. The number of benzene rings is 1. The highest BCUT2D eigenvalue weighted by Gasteiger charge is 2.31. The van der Waals surface area contributed by atoms with Gasteiger partial charge in [0.05, 0.1) is 0 Å². The summed E-state index contributed by atoms with van der Waals surface area (Å²) in [4.78, 5) is 0. The van der Waals surface area contributed by atoms with Crippen molar-refractivity contribution >= 4 is 5.57 Å². The van der Waals surface area contributed by atoms with Gasteiger partial charge >= 0.3 is 0 Å². The van der Waals surface area contributed by atoms with Crippen molar-refractivity contribution in [2.24, 2.45) is 10.8 Å². The minimum Gasteiger partial charge on any atom is -0.207 e. The summed E-state index contributed by atoms with van der Waals surface area (Å²) in [5.41, 5.74) is 4.10. The Balaban J connectivity index is 2.09. The lowest BCUT2D eigenvalue weighted by Crippen LogP contribution is -2.25. The summed E-state index contributed by atoms with van der Waals surface area (Å²) in [7, 11) is 0. The molecule has 1 atom stereocenters. The first kappa shape index (κ1) is 15.3. The molecule has 0 radical (unpaired) electrons. The van der Waals surface area contributed by atoms with Gasteiger partial charge < -0.3 is 0 Å². The largest absolute Gasteiger partial charge is 0.207 e. The van der Waals surface area contributed by atoms with Crippen LogP contribution in [-0.4, -0.2) is 0 Å². The van der Waals surface area contributed by atoms with Crippen molar-refractivity contribution in [3.63, 3.8) is 0 Å². The second-order valence-electron chi connectivity index (χ2n) is 7.98. The molecule has 0 aromatic heterocycles. The molecule has 0 saturated carbocycles. The van der Waals surface area contributed by atoms with Gasteiger partial charge in [0.25, 0.3) is 0 Å². The van der Waals surface area contributed by atoms with E-state index >= 15 is 0 Å². The maximum absolute atomic E-state index is 13.4. The lowest BCUT2D eigenvalue weighted by molar-refractivity contribution is 0.257. The normalized spacial score (nSPS) is 22.8. The second kappa shape index (κ2) is 5.35. The maximum Gasteiger partial charge on any atom is 0.123 e. The van der Waals surface area contributed by atoms with E-state index in [1.807, 2.05) is 6.07 Å². The van der Waals surface area contributed by atoms with E-state index in [0.29, 0.717) is 5.41 Å². The van der Waals surface area contributed by atoms with Crippen molar-refractivity contribution in [3.8, 4) is 0 Å². The van der Waals surface area contributed by atoms with Crippen LogP contribution in [0.1, 0.15) is 64.5 Å². The Hall–Kier alpha value is -1.11. The highest BCUT2D eigenvalue weighted by Crippen LogP contribution is 2.44. The van der Waals surface area contributed by atoms with Crippen molar-refractivity contribution in [1.29, 1.82) is 0 Å². The fraction of sp³-hybridized carbons (Fsp3) is 0.579. The zero-order valence-corrected chi connectivity index (χ0v) is 13.4. The molecule has 20 heavy (non-hydrogen) atoms. The first-order valence-electron chi connectivity index (χ1n) is 7.65. The van der Waals surface area contributed by atoms with Crippen molar-refractivity contribution in [3.05, 3.63) is 41.7 Å². The minimum atomic E-state index is -0.152. The van der Waals surface area contributed by atoms with E-state index in [1.165, 1.54) is 24.8 Å². The summed E-state index contributed by atoms with van der Waals surface area (Å²) in [6.45, 7) is 13.4. The average molecular weight is 274 g/mol. The first-order valence-corrected chi connectivity index (χ1v) is 7.65. The molecule has 0 fully saturated rings. The van der Waals surface area contributed by atoms with Crippen molar-refractivity contribution in [2.75, 3.05) is 0 Å². The van der Waals surface area contributed by atoms with Crippen LogP contribution in [-0.2, 0) is 6.42 Å². The SMILES string of the molecule is C=C1CC(C)(CCCC(C)(C)C)Cc2ccc(F)cc21. The molecule has 1 aromatic carbocycles. The van der Waals surface area contributed by atoms with E-state index in [0.717, 1.165) is 24.0 Å². The van der Waals surface area contributed by atoms with Gasteiger partial charge in [-0.05, 0) is 65.3 Å². The molecule has 1 aromatic rings. The molecular formula is C19H27F. The molecule has 1 aliphatic carbocycles. The van der Waals surface area contributed by atoms with E-state index in [-0.39, 0.29) is 11.2 Å². The third-order valence-electron chi connectivity index (χ3n) is 4.42. The number of hydrogen-bond acceptors (Lipinski definition) is 0. The predicted octanol–water partition coefficient (Wildman–Crippen LogP) is 6.01.